The Bertz CT molecular complexity index is 336. The van der Waals surface area contributed by atoms with Crippen LogP contribution in [-0.4, -0.2) is 25.6 Å². The van der Waals surface area contributed by atoms with Crippen molar-refractivity contribution in [1.82, 2.24) is 5.32 Å². The third-order valence-corrected chi connectivity index (χ3v) is 2.63. The van der Waals surface area contributed by atoms with Crippen molar-refractivity contribution < 1.29 is 9.13 Å². The van der Waals surface area contributed by atoms with Gasteiger partial charge < -0.3 is 10.1 Å². The van der Waals surface area contributed by atoms with Crippen LogP contribution in [0.4, 0.5) is 4.39 Å². The number of hydrogen-bond acceptors (Lipinski definition) is 2. The molecule has 1 N–H and O–H groups in total. The van der Waals surface area contributed by atoms with E-state index in [-0.39, 0.29) is 16.2 Å². The van der Waals surface area contributed by atoms with Gasteiger partial charge in [-0.2, -0.15) is 0 Å². The molecule has 0 fully saturated rings. The summed E-state index contributed by atoms with van der Waals surface area (Å²) in [6, 6.07) is 4.93. The summed E-state index contributed by atoms with van der Waals surface area (Å²) >= 11 is 11.6. The highest BCUT2D eigenvalue weighted by Gasteiger charge is 2.07. The van der Waals surface area contributed by atoms with Crippen LogP contribution in [0.25, 0.3) is 0 Å². The predicted molar refractivity (Wildman–Crippen MR) is 64.6 cm³/mol. The molecule has 1 aromatic rings. The second-order valence-electron chi connectivity index (χ2n) is 3.40. The lowest BCUT2D eigenvalue weighted by molar-refractivity contribution is 0.197. The molecule has 0 saturated carbocycles. The van der Waals surface area contributed by atoms with Crippen LogP contribution in [0.15, 0.2) is 18.2 Å². The molecule has 1 atom stereocenters. The first kappa shape index (κ1) is 13.7. The number of ether oxygens (including phenoxy) is 1. The fourth-order valence-corrected chi connectivity index (χ4v) is 1.72. The van der Waals surface area contributed by atoms with Crippen LogP contribution in [0.2, 0.25) is 5.02 Å². The Morgan fingerprint density at radius 2 is 2.25 bits per heavy atom. The molecule has 0 bridgehead atoms. The Morgan fingerprint density at radius 1 is 1.50 bits per heavy atom. The van der Waals surface area contributed by atoms with Crippen molar-refractivity contribution in [3.05, 3.63) is 34.6 Å². The van der Waals surface area contributed by atoms with Gasteiger partial charge in [0.25, 0.3) is 0 Å². The molecule has 0 saturated heterocycles. The highest BCUT2D eigenvalue weighted by molar-refractivity contribution is 6.30. The van der Waals surface area contributed by atoms with Gasteiger partial charge >= 0.3 is 0 Å². The van der Waals surface area contributed by atoms with E-state index in [4.69, 9.17) is 27.9 Å². The number of rotatable bonds is 6. The monoisotopic (exact) mass is 265 g/mol. The lowest BCUT2D eigenvalue weighted by atomic mass is 10.2. The second-order valence-corrected chi connectivity index (χ2v) is 4.42. The molecule has 90 valence electrons. The van der Waals surface area contributed by atoms with E-state index in [9.17, 15) is 4.39 Å². The third-order valence-electron chi connectivity index (χ3n) is 2.06. The van der Waals surface area contributed by atoms with E-state index in [0.717, 1.165) is 0 Å². The summed E-state index contributed by atoms with van der Waals surface area (Å²) in [6.07, 6.45) is 0. The molecule has 16 heavy (non-hydrogen) atoms. The molecule has 2 nitrogen and oxygen atoms in total. The minimum atomic E-state index is -0.380. The number of halogens is 3. The minimum Gasteiger partial charge on any atom is -0.383 e. The fourth-order valence-electron chi connectivity index (χ4n) is 1.29. The fraction of sp³-hybridized carbons (Fsp3) is 0.455. The lowest BCUT2D eigenvalue weighted by Gasteiger charge is -2.10. The van der Waals surface area contributed by atoms with Gasteiger partial charge in [0.1, 0.15) is 5.82 Å². The number of nitrogens with one attached hydrogen (secondary N) is 1. The lowest BCUT2D eigenvalue weighted by Crippen LogP contribution is -2.26. The smallest absolute Gasteiger partial charge is 0.146 e. The Labute approximate surface area is 105 Å². The van der Waals surface area contributed by atoms with Crippen molar-refractivity contribution in [3.8, 4) is 0 Å². The summed E-state index contributed by atoms with van der Waals surface area (Å²) in [5.74, 6) is -0.380. The first-order chi connectivity index (χ1) is 7.65. The maximum absolute atomic E-state index is 13.4. The zero-order valence-electron chi connectivity index (χ0n) is 8.97. The van der Waals surface area contributed by atoms with Gasteiger partial charge in [-0.05, 0) is 6.07 Å². The first-order valence-electron chi connectivity index (χ1n) is 4.91. The number of methoxy groups -OCH3 is 1. The summed E-state index contributed by atoms with van der Waals surface area (Å²) in [6.45, 7) is 1.42. The zero-order valence-corrected chi connectivity index (χ0v) is 10.5. The molecular formula is C11H14Cl2FNO. The second kappa shape index (κ2) is 7.07. The van der Waals surface area contributed by atoms with Gasteiger partial charge in [-0.1, -0.05) is 23.7 Å². The normalized spacial score (nSPS) is 12.8. The van der Waals surface area contributed by atoms with E-state index in [1.54, 1.807) is 19.2 Å². The highest BCUT2D eigenvalue weighted by atomic mass is 35.5. The van der Waals surface area contributed by atoms with Crippen LogP contribution in [0.5, 0.6) is 0 Å². The predicted octanol–water partition coefficient (Wildman–Crippen LogP) is 2.82. The van der Waals surface area contributed by atoms with E-state index in [1.165, 1.54) is 6.07 Å². The maximum atomic E-state index is 13.4. The van der Waals surface area contributed by atoms with Gasteiger partial charge in [0.2, 0.25) is 0 Å². The summed E-state index contributed by atoms with van der Waals surface area (Å²) in [5.41, 5.74) is 0.536. The third kappa shape index (κ3) is 4.26. The summed E-state index contributed by atoms with van der Waals surface area (Å²) in [5, 5.41) is 3.06. The van der Waals surface area contributed by atoms with Gasteiger partial charge in [0.05, 0.1) is 17.0 Å². The van der Waals surface area contributed by atoms with Crippen molar-refractivity contribution in [2.45, 2.75) is 11.9 Å². The molecule has 0 heterocycles. The van der Waals surface area contributed by atoms with Crippen molar-refractivity contribution in [2.24, 2.45) is 0 Å². The van der Waals surface area contributed by atoms with E-state index < -0.39 is 0 Å². The molecule has 0 aliphatic carbocycles. The van der Waals surface area contributed by atoms with E-state index in [2.05, 4.69) is 5.32 Å². The molecule has 0 aromatic heterocycles. The average molecular weight is 266 g/mol. The van der Waals surface area contributed by atoms with Crippen LogP contribution < -0.4 is 5.32 Å². The van der Waals surface area contributed by atoms with Crippen LogP contribution in [0, 0.1) is 5.82 Å². The minimum absolute atomic E-state index is 0.118. The van der Waals surface area contributed by atoms with Gasteiger partial charge in [0.15, 0.2) is 0 Å². The molecule has 0 aliphatic rings. The molecular weight excluding hydrogens is 252 g/mol. The van der Waals surface area contributed by atoms with E-state index >= 15 is 0 Å². The largest absolute Gasteiger partial charge is 0.383 e. The Kier molecular flexibility index (Phi) is 6.06. The van der Waals surface area contributed by atoms with Gasteiger partial charge in [-0.25, -0.2) is 4.39 Å². The zero-order chi connectivity index (χ0) is 12.0. The first-order valence-corrected chi connectivity index (χ1v) is 5.73. The number of benzene rings is 1. The maximum Gasteiger partial charge on any atom is 0.146 e. The molecule has 1 unspecified atom stereocenters. The van der Waals surface area contributed by atoms with Crippen LogP contribution in [0.3, 0.4) is 0 Å². The molecule has 5 heteroatoms. The summed E-state index contributed by atoms with van der Waals surface area (Å²) < 4.78 is 18.3. The molecule has 0 amide bonds. The number of alkyl halides is 1. The standard InChI is InChI=1S/C11H14Cl2FNO/c1-16-7-9(12)6-15-5-8-3-2-4-10(13)11(8)14/h2-4,9,15H,5-7H2,1H3. The van der Waals surface area contributed by atoms with Crippen LogP contribution >= 0.6 is 23.2 Å². The number of hydrogen-bond donors (Lipinski definition) is 1. The average Bonchev–Trinajstić information content (AvgIpc) is 2.25. The highest BCUT2D eigenvalue weighted by Crippen LogP contribution is 2.17. The van der Waals surface area contributed by atoms with Crippen LogP contribution in [-0.2, 0) is 11.3 Å². The van der Waals surface area contributed by atoms with Crippen molar-refractivity contribution in [1.29, 1.82) is 0 Å². The quantitative estimate of drug-likeness (QED) is 0.799. The molecule has 1 rings (SSSR count). The Morgan fingerprint density at radius 3 is 2.94 bits per heavy atom. The van der Waals surface area contributed by atoms with Crippen LogP contribution in [0.1, 0.15) is 5.56 Å². The van der Waals surface area contributed by atoms with Crippen molar-refractivity contribution >= 4 is 23.2 Å². The Balaban J connectivity index is 2.40. The molecule has 0 spiro atoms. The van der Waals surface area contributed by atoms with Gasteiger partial charge in [-0.3, -0.25) is 0 Å². The van der Waals surface area contributed by atoms with E-state index in [0.29, 0.717) is 25.3 Å². The summed E-state index contributed by atoms with van der Waals surface area (Å²) in [7, 11) is 1.59. The van der Waals surface area contributed by atoms with Crippen molar-refractivity contribution in [2.75, 3.05) is 20.3 Å². The molecule has 0 aliphatic heterocycles. The SMILES string of the molecule is COCC(Cl)CNCc1cccc(Cl)c1F. The molecule has 1 aromatic carbocycles. The Hall–Kier alpha value is -0.350. The molecule has 0 radical (unpaired) electrons. The summed E-state index contributed by atoms with van der Waals surface area (Å²) in [4.78, 5) is 0. The van der Waals surface area contributed by atoms with E-state index in [1.807, 2.05) is 0 Å². The topological polar surface area (TPSA) is 21.3 Å². The van der Waals surface area contributed by atoms with Crippen molar-refractivity contribution in [3.63, 3.8) is 0 Å². The van der Waals surface area contributed by atoms with Gasteiger partial charge in [-0.15, -0.1) is 11.6 Å². The van der Waals surface area contributed by atoms with Gasteiger partial charge in [0, 0.05) is 25.8 Å².